The van der Waals surface area contributed by atoms with Gasteiger partial charge in [-0.2, -0.15) is 0 Å². The van der Waals surface area contributed by atoms with Gasteiger partial charge in [0, 0.05) is 37.2 Å². The summed E-state index contributed by atoms with van der Waals surface area (Å²) >= 11 is 0. The largest absolute Gasteiger partial charge is 0.352 e. The number of rotatable bonds is 2. The summed E-state index contributed by atoms with van der Waals surface area (Å²) in [5.41, 5.74) is 0.719. The summed E-state index contributed by atoms with van der Waals surface area (Å²) in [7, 11) is 0. The first-order chi connectivity index (χ1) is 10.7. The highest BCUT2D eigenvalue weighted by atomic mass is 16.2. The number of hydrogen-bond acceptors (Lipinski definition) is 5. The molecular weight excluding hydrogens is 278 g/mol. The summed E-state index contributed by atoms with van der Waals surface area (Å²) in [6.07, 6.45) is 6.20. The molecule has 2 unspecified atom stereocenters. The molecule has 5 heterocycles. The molecule has 3 aliphatic heterocycles. The lowest BCUT2D eigenvalue weighted by Crippen LogP contribution is -2.70. The Morgan fingerprint density at radius 3 is 2.55 bits per heavy atom. The van der Waals surface area contributed by atoms with Crippen molar-refractivity contribution >= 4 is 11.7 Å². The second-order valence-electron chi connectivity index (χ2n) is 5.86. The molecule has 6 nitrogen and oxygen atoms in total. The molecule has 3 saturated heterocycles. The third-order valence-electron chi connectivity index (χ3n) is 4.44. The number of pyridine rings is 1. The van der Waals surface area contributed by atoms with Crippen LogP contribution in [0.3, 0.4) is 0 Å². The Labute approximate surface area is 128 Å². The van der Waals surface area contributed by atoms with Crippen LogP contribution >= 0.6 is 0 Å². The number of anilines is 1. The molecule has 0 aromatic carbocycles. The van der Waals surface area contributed by atoms with Gasteiger partial charge >= 0.3 is 0 Å². The normalized spacial score (nSPS) is 23.1. The zero-order valence-electron chi connectivity index (χ0n) is 12.4. The predicted octanol–water partition coefficient (Wildman–Crippen LogP) is 1.28. The number of piperidine rings is 1. The van der Waals surface area contributed by atoms with E-state index in [1.165, 1.54) is 0 Å². The second-order valence-corrected chi connectivity index (χ2v) is 5.86. The Balaban J connectivity index is 1.50. The molecule has 0 saturated carbocycles. The Hall–Kier alpha value is -2.50. The van der Waals surface area contributed by atoms with Crippen LogP contribution in [0.2, 0.25) is 0 Å². The Bertz CT molecular complexity index is 693. The highest BCUT2D eigenvalue weighted by molar-refractivity contribution is 5.95. The SMILES string of the molecule is Cc1nccc(N2CC3CC(C2)N3C(=O)c2ccncc2)n1. The van der Waals surface area contributed by atoms with Crippen molar-refractivity contribution in [3.05, 3.63) is 48.2 Å². The summed E-state index contributed by atoms with van der Waals surface area (Å²) < 4.78 is 0. The number of piperazine rings is 1. The molecule has 0 spiro atoms. The van der Waals surface area contributed by atoms with E-state index in [9.17, 15) is 4.79 Å². The van der Waals surface area contributed by atoms with E-state index < -0.39 is 0 Å². The number of fused-ring (bicyclic) bond motifs is 2. The molecule has 2 atom stereocenters. The predicted molar refractivity (Wildman–Crippen MR) is 81.6 cm³/mol. The van der Waals surface area contributed by atoms with Crippen LogP contribution in [-0.4, -0.2) is 50.9 Å². The molecule has 3 aliphatic rings. The van der Waals surface area contributed by atoms with Crippen LogP contribution in [0.5, 0.6) is 0 Å². The van der Waals surface area contributed by atoms with Crippen LogP contribution in [0.15, 0.2) is 36.8 Å². The van der Waals surface area contributed by atoms with Crippen molar-refractivity contribution in [2.75, 3.05) is 18.0 Å². The summed E-state index contributed by atoms with van der Waals surface area (Å²) in [6.45, 7) is 3.57. The van der Waals surface area contributed by atoms with Gasteiger partial charge in [0.2, 0.25) is 0 Å². The minimum absolute atomic E-state index is 0.113. The van der Waals surface area contributed by atoms with Crippen LogP contribution in [-0.2, 0) is 0 Å². The number of carbonyl (C=O) groups is 1. The van der Waals surface area contributed by atoms with E-state index in [1.807, 2.05) is 17.9 Å². The van der Waals surface area contributed by atoms with E-state index in [4.69, 9.17) is 0 Å². The molecule has 2 aromatic heterocycles. The lowest BCUT2D eigenvalue weighted by molar-refractivity contribution is 0.00574. The first kappa shape index (κ1) is 13.2. The maximum Gasteiger partial charge on any atom is 0.254 e. The molecule has 2 aromatic rings. The van der Waals surface area contributed by atoms with Crippen molar-refractivity contribution in [1.29, 1.82) is 0 Å². The van der Waals surface area contributed by atoms with Gasteiger partial charge in [0.05, 0.1) is 12.1 Å². The Morgan fingerprint density at radius 2 is 1.86 bits per heavy atom. The molecule has 2 bridgehead atoms. The fourth-order valence-corrected chi connectivity index (χ4v) is 3.39. The van der Waals surface area contributed by atoms with Crippen LogP contribution in [0, 0.1) is 6.92 Å². The van der Waals surface area contributed by atoms with Crippen LogP contribution in [0.4, 0.5) is 5.82 Å². The van der Waals surface area contributed by atoms with E-state index in [2.05, 4.69) is 19.9 Å². The zero-order valence-corrected chi connectivity index (χ0v) is 12.4. The average Bonchev–Trinajstić information content (AvgIpc) is 2.55. The van der Waals surface area contributed by atoms with Gasteiger partial charge in [-0.25, -0.2) is 9.97 Å². The zero-order chi connectivity index (χ0) is 15.1. The van der Waals surface area contributed by atoms with Crippen molar-refractivity contribution in [3.63, 3.8) is 0 Å². The molecule has 22 heavy (non-hydrogen) atoms. The van der Waals surface area contributed by atoms with E-state index in [-0.39, 0.29) is 18.0 Å². The molecule has 3 fully saturated rings. The van der Waals surface area contributed by atoms with Crippen LogP contribution in [0.25, 0.3) is 0 Å². The molecule has 6 heteroatoms. The van der Waals surface area contributed by atoms with Gasteiger partial charge < -0.3 is 9.80 Å². The van der Waals surface area contributed by atoms with Gasteiger partial charge in [-0.05, 0) is 31.5 Å². The first-order valence-corrected chi connectivity index (χ1v) is 7.49. The number of aryl methyl sites for hydroxylation is 1. The monoisotopic (exact) mass is 295 g/mol. The van der Waals surface area contributed by atoms with E-state index in [1.54, 1.807) is 30.7 Å². The maximum atomic E-state index is 12.6. The van der Waals surface area contributed by atoms with Crippen molar-refractivity contribution in [3.8, 4) is 0 Å². The summed E-state index contributed by atoms with van der Waals surface area (Å²) in [5, 5.41) is 0. The molecule has 0 aliphatic carbocycles. The lowest BCUT2D eigenvalue weighted by atomic mass is 9.86. The van der Waals surface area contributed by atoms with E-state index >= 15 is 0 Å². The fraction of sp³-hybridized carbons (Fsp3) is 0.375. The Morgan fingerprint density at radius 1 is 1.14 bits per heavy atom. The van der Waals surface area contributed by atoms with Crippen molar-refractivity contribution in [2.45, 2.75) is 25.4 Å². The number of amides is 1. The summed E-state index contributed by atoms with van der Waals surface area (Å²) in [4.78, 5) is 29.5. The third-order valence-corrected chi connectivity index (χ3v) is 4.44. The lowest BCUT2D eigenvalue weighted by Gasteiger charge is -2.56. The minimum atomic E-state index is 0.113. The highest BCUT2D eigenvalue weighted by Crippen LogP contribution is 2.35. The van der Waals surface area contributed by atoms with Gasteiger partial charge in [-0.15, -0.1) is 0 Å². The topological polar surface area (TPSA) is 62.2 Å². The van der Waals surface area contributed by atoms with Gasteiger partial charge in [-0.3, -0.25) is 9.78 Å². The van der Waals surface area contributed by atoms with Crippen LogP contribution < -0.4 is 4.90 Å². The standard InChI is InChI=1S/C16H17N5O/c1-11-18-7-4-15(19-11)20-9-13-8-14(10-20)21(13)16(22)12-2-5-17-6-3-12/h2-7,13-14H,8-10H2,1H3. The number of carbonyl (C=O) groups excluding carboxylic acids is 1. The van der Waals surface area contributed by atoms with Gasteiger partial charge in [0.25, 0.3) is 5.91 Å². The van der Waals surface area contributed by atoms with Gasteiger partial charge in [0.1, 0.15) is 11.6 Å². The highest BCUT2D eigenvalue weighted by Gasteiger charge is 2.47. The fourth-order valence-electron chi connectivity index (χ4n) is 3.39. The molecule has 0 N–H and O–H groups in total. The number of aromatic nitrogens is 3. The van der Waals surface area contributed by atoms with E-state index in [0.29, 0.717) is 0 Å². The average molecular weight is 295 g/mol. The van der Waals surface area contributed by atoms with Gasteiger partial charge in [-0.1, -0.05) is 0 Å². The molecule has 1 amide bonds. The van der Waals surface area contributed by atoms with Crippen molar-refractivity contribution < 1.29 is 4.79 Å². The summed E-state index contributed by atoms with van der Waals surface area (Å²) in [5.74, 6) is 1.85. The summed E-state index contributed by atoms with van der Waals surface area (Å²) in [6, 6.07) is 6.04. The number of hydrogen-bond donors (Lipinski definition) is 0. The molecule has 0 radical (unpaired) electrons. The molecule has 112 valence electrons. The Kier molecular flexibility index (Phi) is 3.03. The third kappa shape index (κ3) is 2.11. The quantitative estimate of drug-likeness (QED) is 0.835. The van der Waals surface area contributed by atoms with E-state index in [0.717, 1.165) is 36.7 Å². The van der Waals surface area contributed by atoms with Gasteiger partial charge in [0.15, 0.2) is 0 Å². The maximum absolute atomic E-state index is 12.6. The van der Waals surface area contributed by atoms with Crippen molar-refractivity contribution in [2.24, 2.45) is 0 Å². The molecular formula is C16H17N5O. The first-order valence-electron chi connectivity index (χ1n) is 7.49. The number of nitrogens with zero attached hydrogens (tertiary/aromatic N) is 5. The second kappa shape index (κ2) is 5.05. The molecule has 5 rings (SSSR count). The van der Waals surface area contributed by atoms with Crippen LogP contribution in [0.1, 0.15) is 22.6 Å². The smallest absolute Gasteiger partial charge is 0.254 e. The van der Waals surface area contributed by atoms with Crippen molar-refractivity contribution in [1.82, 2.24) is 19.9 Å². The minimum Gasteiger partial charge on any atom is -0.352 e.